The van der Waals surface area contributed by atoms with Crippen molar-refractivity contribution in [1.82, 2.24) is 10.2 Å². The Balaban J connectivity index is 1.69. The fraction of sp³-hybridized carbons (Fsp3) is 0.500. The van der Waals surface area contributed by atoms with Crippen LogP contribution < -0.4 is 5.32 Å². The van der Waals surface area contributed by atoms with E-state index < -0.39 is 0 Å². The predicted octanol–water partition coefficient (Wildman–Crippen LogP) is 2.48. The van der Waals surface area contributed by atoms with E-state index in [-0.39, 0.29) is 17.7 Å². The standard InChI is InChI=1S/C20H28N2O3/c1-2-25-16-6-13-21-20(24)18-11-14-22(15-12-18)19(23)10-9-17-7-4-3-5-8-17/h3-5,7-10,18H,2,6,11-16H2,1H3,(H,21,24)/b10-9+. The Bertz CT molecular complexity index is 564. The maximum atomic E-state index is 12.2. The van der Waals surface area contributed by atoms with E-state index in [1.807, 2.05) is 48.2 Å². The molecule has 1 saturated heterocycles. The van der Waals surface area contributed by atoms with E-state index in [4.69, 9.17) is 4.74 Å². The second kappa shape index (κ2) is 10.7. The topological polar surface area (TPSA) is 58.6 Å². The first kappa shape index (κ1) is 19.2. The molecule has 5 nitrogen and oxygen atoms in total. The number of hydrogen-bond donors (Lipinski definition) is 1. The van der Waals surface area contributed by atoms with Crippen molar-refractivity contribution in [2.24, 2.45) is 5.92 Å². The fourth-order valence-electron chi connectivity index (χ4n) is 2.87. The van der Waals surface area contributed by atoms with Crippen molar-refractivity contribution in [3.05, 3.63) is 42.0 Å². The minimum absolute atomic E-state index is 0.00856. The predicted molar refractivity (Wildman–Crippen MR) is 98.9 cm³/mol. The molecule has 1 aromatic rings. The number of nitrogens with one attached hydrogen (secondary N) is 1. The SMILES string of the molecule is CCOCCCNC(=O)C1CCN(C(=O)/C=C/c2ccccc2)CC1. The quantitative estimate of drug-likeness (QED) is 0.582. The molecule has 0 aliphatic carbocycles. The van der Waals surface area contributed by atoms with Gasteiger partial charge in [-0.2, -0.15) is 0 Å². The molecule has 0 radical (unpaired) electrons. The van der Waals surface area contributed by atoms with Gasteiger partial charge in [0.25, 0.3) is 0 Å². The van der Waals surface area contributed by atoms with Gasteiger partial charge in [-0.05, 0) is 37.8 Å². The summed E-state index contributed by atoms with van der Waals surface area (Å²) in [5.74, 6) is 0.122. The van der Waals surface area contributed by atoms with Crippen molar-refractivity contribution in [1.29, 1.82) is 0 Å². The van der Waals surface area contributed by atoms with Crippen molar-refractivity contribution in [3.8, 4) is 0 Å². The monoisotopic (exact) mass is 344 g/mol. The van der Waals surface area contributed by atoms with Crippen molar-refractivity contribution >= 4 is 17.9 Å². The molecule has 1 aliphatic rings. The number of likely N-dealkylation sites (tertiary alicyclic amines) is 1. The van der Waals surface area contributed by atoms with Crippen molar-refractivity contribution in [2.75, 3.05) is 32.8 Å². The average Bonchev–Trinajstić information content (AvgIpc) is 2.66. The lowest BCUT2D eigenvalue weighted by Gasteiger charge is -2.30. The number of amides is 2. The van der Waals surface area contributed by atoms with Crippen molar-refractivity contribution in [3.63, 3.8) is 0 Å². The number of carbonyl (C=O) groups excluding carboxylic acids is 2. The van der Waals surface area contributed by atoms with Gasteiger partial charge in [-0.3, -0.25) is 9.59 Å². The van der Waals surface area contributed by atoms with Crippen LogP contribution in [0.4, 0.5) is 0 Å². The van der Waals surface area contributed by atoms with Crippen LogP contribution >= 0.6 is 0 Å². The van der Waals surface area contributed by atoms with E-state index >= 15 is 0 Å². The van der Waals surface area contributed by atoms with Gasteiger partial charge >= 0.3 is 0 Å². The summed E-state index contributed by atoms with van der Waals surface area (Å²) in [7, 11) is 0. The number of ether oxygens (including phenoxy) is 1. The Hall–Kier alpha value is -2.14. The third-order valence-corrected chi connectivity index (χ3v) is 4.36. The van der Waals surface area contributed by atoms with E-state index in [1.54, 1.807) is 6.08 Å². The van der Waals surface area contributed by atoms with Crippen LogP contribution in [0.1, 0.15) is 31.7 Å². The second-order valence-corrected chi connectivity index (χ2v) is 6.19. The van der Waals surface area contributed by atoms with Crippen LogP contribution in [0.3, 0.4) is 0 Å². The summed E-state index contributed by atoms with van der Waals surface area (Å²) in [5, 5.41) is 2.97. The molecule has 25 heavy (non-hydrogen) atoms. The van der Waals surface area contributed by atoms with Gasteiger partial charge in [0, 0.05) is 44.8 Å². The molecule has 0 unspecified atom stereocenters. The molecule has 1 fully saturated rings. The van der Waals surface area contributed by atoms with Crippen LogP contribution in [0, 0.1) is 5.92 Å². The molecule has 0 bridgehead atoms. The summed E-state index contributed by atoms with van der Waals surface area (Å²) >= 11 is 0. The van der Waals surface area contributed by atoms with Crippen LogP contribution in [0.2, 0.25) is 0 Å². The first-order valence-electron chi connectivity index (χ1n) is 9.08. The normalized spacial score (nSPS) is 15.5. The molecule has 1 aromatic carbocycles. The van der Waals surface area contributed by atoms with Crippen molar-refractivity contribution in [2.45, 2.75) is 26.2 Å². The molecular weight excluding hydrogens is 316 g/mol. The molecular formula is C20H28N2O3. The molecule has 0 atom stereocenters. The molecule has 1 N–H and O–H groups in total. The molecule has 0 aromatic heterocycles. The van der Waals surface area contributed by atoms with E-state index in [9.17, 15) is 9.59 Å². The molecule has 5 heteroatoms. The molecule has 2 rings (SSSR count). The second-order valence-electron chi connectivity index (χ2n) is 6.19. The van der Waals surface area contributed by atoms with E-state index in [0.717, 1.165) is 24.8 Å². The lowest BCUT2D eigenvalue weighted by Crippen LogP contribution is -2.42. The van der Waals surface area contributed by atoms with Crippen LogP contribution in [0.5, 0.6) is 0 Å². The number of nitrogens with zero attached hydrogens (tertiary/aromatic N) is 1. The zero-order valence-corrected chi connectivity index (χ0v) is 14.9. The molecule has 1 heterocycles. The molecule has 1 aliphatic heterocycles. The Labute approximate surface area is 150 Å². The number of benzene rings is 1. The van der Waals surface area contributed by atoms with Crippen LogP contribution in [-0.2, 0) is 14.3 Å². The summed E-state index contributed by atoms with van der Waals surface area (Å²) < 4.78 is 5.25. The fourth-order valence-corrected chi connectivity index (χ4v) is 2.87. The smallest absolute Gasteiger partial charge is 0.246 e. The maximum Gasteiger partial charge on any atom is 0.246 e. The lowest BCUT2D eigenvalue weighted by molar-refractivity contribution is -0.132. The minimum atomic E-state index is 0.00856. The van der Waals surface area contributed by atoms with Crippen molar-refractivity contribution < 1.29 is 14.3 Å². The Kier molecular flexibility index (Phi) is 8.19. The van der Waals surface area contributed by atoms with Crippen LogP contribution in [0.15, 0.2) is 36.4 Å². The maximum absolute atomic E-state index is 12.2. The molecule has 2 amide bonds. The van der Waals surface area contributed by atoms with Gasteiger partial charge in [0.2, 0.25) is 11.8 Å². The third kappa shape index (κ3) is 6.70. The molecule has 136 valence electrons. The first-order valence-corrected chi connectivity index (χ1v) is 9.08. The Morgan fingerprint density at radius 3 is 2.64 bits per heavy atom. The van der Waals surface area contributed by atoms with Gasteiger partial charge in [0.05, 0.1) is 0 Å². The zero-order chi connectivity index (χ0) is 17.9. The summed E-state index contributed by atoms with van der Waals surface area (Å²) in [4.78, 5) is 26.2. The van der Waals surface area contributed by atoms with Gasteiger partial charge in [-0.15, -0.1) is 0 Å². The number of hydrogen-bond acceptors (Lipinski definition) is 3. The van der Waals surface area contributed by atoms with Gasteiger partial charge < -0.3 is 15.0 Å². The Morgan fingerprint density at radius 2 is 1.96 bits per heavy atom. The highest BCUT2D eigenvalue weighted by Gasteiger charge is 2.26. The summed E-state index contributed by atoms with van der Waals surface area (Å²) in [6.45, 7) is 5.26. The highest BCUT2D eigenvalue weighted by atomic mass is 16.5. The summed E-state index contributed by atoms with van der Waals surface area (Å²) in [6.07, 6.45) is 5.73. The van der Waals surface area contributed by atoms with Crippen LogP contribution in [0.25, 0.3) is 6.08 Å². The van der Waals surface area contributed by atoms with E-state index in [0.29, 0.717) is 32.8 Å². The first-order chi connectivity index (χ1) is 12.2. The van der Waals surface area contributed by atoms with Gasteiger partial charge in [0.15, 0.2) is 0 Å². The number of carbonyl (C=O) groups is 2. The number of rotatable bonds is 8. The summed E-state index contributed by atoms with van der Waals surface area (Å²) in [5.41, 5.74) is 1.01. The zero-order valence-electron chi connectivity index (χ0n) is 14.9. The lowest BCUT2D eigenvalue weighted by atomic mass is 9.96. The van der Waals surface area contributed by atoms with Gasteiger partial charge in [-0.1, -0.05) is 30.3 Å². The average molecular weight is 344 g/mol. The van der Waals surface area contributed by atoms with Gasteiger partial charge in [-0.25, -0.2) is 0 Å². The Morgan fingerprint density at radius 1 is 1.24 bits per heavy atom. The highest BCUT2D eigenvalue weighted by molar-refractivity contribution is 5.92. The van der Waals surface area contributed by atoms with Crippen LogP contribution in [-0.4, -0.2) is 49.6 Å². The van der Waals surface area contributed by atoms with E-state index in [1.165, 1.54) is 0 Å². The van der Waals surface area contributed by atoms with Gasteiger partial charge in [0.1, 0.15) is 0 Å². The highest BCUT2D eigenvalue weighted by Crippen LogP contribution is 2.18. The van der Waals surface area contributed by atoms with E-state index in [2.05, 4.69) is 5.32 Å². The molecule has 0 saturated carbocycles. The third-order valence-electron chi connectivity index (χ3n) is 4.36. The largest absolute Gasteiger partial charge is 0.382 e. The summed E-state index contributed by atoms with van der Waals surface area (Å²) in [6, 6.07) is 9.77. The minimum Gasteiger partial charge on any atom is -0.382 e. The number of piperidine rings is 1. The molecule has 0 spiro atoms.